The maximum atomic E-state index is 12.4. The lowest BCUT2D eigenvalue weighted by Crippen LogP contribution is -1.99. The number of aromatic nitrogens is 4. The van der Waals surface area contributed by atoms with Crippen molar-refractivity contribution < 1.29 is 9.53 Å². The molecule has 0 aliphatic heterocycles. The van der Waals surface area contributed by atoms with E-state index in [9.17, 15) is 4.79 Å². The molecule has 0 fully saturated rings. The largest absolute Gasteiger partial charge is 0.494 e. The summed E-state index contributed by atoms with van der Waals surface area (Å²) in [7, 11) is 0. The minimum atomic E-state index is -0.0804. The fourth-order valence-corrected chi connectivity index (χ4v) is 2.36. The van der Waals surface area contributed by atoms with Gasteiger partial charge in [0.05, 0.1) is 12.3 Å². The molecule has 0 saturated heterocycles. The fraction of sp³-hybridized carbons (Fsp3) is 0.200. The summed E-state index contributed by atoms with van der Waals surface area (Å²) in [6.45, 7) is 2.86. The molecular formula is C20H20N4O2. The van der Waals surface area contributed by atoms with Crippen molar-refractivity contribution in [2.24, 2.45) is 0 Å². The predicted molar refractivity (Wildman–Crippen MR) is 99.4 cm³/mol. The van der Waals surface area contributed by atoms with Gasteiger partial charge in [-0.1, -0.05) is 43.7 Å². The predicted octanol–water partition coefficient (Wildman–Crippen LogP) is 3.74. The monoisotopic (exact) mass is 348 g/mol. The Morgan fingerprint density at radius 1 is 1.19 bits per heavy atom. The molecule has 6 nitrogen and oxygen atoms in total. The van der Waals surface area contributed by atoms with Crippen LogP contribution in [0.3, 0.4) is 0 Å². The summed E-state index contributed by atoms with van der Waals surface area (Å²) in [5, 5.41) is 11.0. The van der Waals surface area contributed by atoms with Gasteiger partial charge in [-0.15, -0.1) is 5.10 Å². The highest BCUT2D eigenvalue weighted by molar-refractivity contribution is 6.07. The minimum absolute atomic E-state index is 0.0804. The van der Waals surface area contributed by atoms with Gasteiger partial charge < -0.3 is 4.74 Å². The highest BCUT2D eigenvalue weighted by Gasteiger charge is 2.05. The number of carbonyl (C=O) groups is 1. The van der Waals surface area contributed by atoms with Crippen molar-refractivity contribution in [3.63, 3.8) is 0 Å². The van der Waals surface area contributed by atoms with Gasteiger partial charge in [-0.05, 0) is 52.8 Å². The van der Waals surface area contributed by atoms with Crippen molar-refractivity contribution in [2.45, 2.75) is 19.8 Å². The number of allylic oxidation sites excluding steroid dienone is 1. The number of nitrogens with zero attached hydrogens (tertiary/aromatic N) is 4. The molecule has 3 rings (SSSR count). The van der Waals surface area contributed by atoms with E-state index in [1.54, 1.807) is 30.4 Å². The molecule has 0 bridgehead atoms. The Balaban J connectivity index is 1.65. The van der Waals surface area contributed by atoms with Gasteiger partial charge >= 0.3 is 0 Å². The van der Waals surface area contributed by atoms with Crippen LogP contribution in [-0.4, -0.2) is 32.6 Å². The molecule has 0 saturated carbocycles. The van der Waals surface area contributed by atoms with Crippen LogP contribution < -0.4 is 4.74 Å². The Hall–Kier alpha value is -3.28. The summed E-state index contributed by atoms with van der Waals surface area (Å²) in [6.07, 6.45) is 6.99. The maximum Gasteiger partial charge on any atom is 0.185 e. The van der Waals surface area contributed by atoms with Crippen LogP contribution >= 0.6 is 0 Å². The van der Waals surface area contributed by atoms with E-state index in [-0.39, 0.29) is 5.78 Å². The van der Waals surface area contributed by atoms with E-state index in [2.05, 4.69) is 22.4 Å². The summed E-state index contributed by atoms with van der Waals surface area (Å²) >= 11 is 0. The standard InChI is InChI=1S/C20H20N4O2/c1-2-3-13-26-19-10-7-16(8-11-19)9-12-20(25)17-5-4-6-18(14-17)24-15-21-22-23-24/h4-12,14-15H,2-3,13H2,1H3/b12-9+. The van der Waals surface area contributed by atoms with Crippen molar-refractivity contribution in [3.05, 3.63) is 72.1 Å². The Labute approximate surface area is 152 Å². The Bertz CT molecular complexity index is 871. The van der Waals surface area contributed by atoms with Crippen LogP contribution in [-0.2, 0) is 0 Å². The Morgan fingerprint density at radius 2 is 2.04 bits per heavy atom. The first kappa shape index (κ1) is 17.5. The quantitative estimate of drug-likeness (QED) is 0.352. The molecule has 0 amide bonds. The molecule has 0 aliphatic carbocycles. The van der Waals surface area contributed by atoms with Crippen LogP contribution in [0.4, 0.5) is 0 Å². The highest BCUT2D eigenvalue weighted by atomic mass is 16.5. The molecule has 6 heteroatoms. The number of unbranched alkanes of at least 4 members (excludes halogenated alkanes) is 1. The van der Waals surface area contributed by atoms with E-state index in [1.165, 1.54) is 11.0 Å². The molecule has 3 aromatic rings. The van der Waals surface area contributed by atoms with Crippen molar-refractivity contribution in [3.8, 4) is 11.4 Å². The van der Waals surface area contributed by atoms with E-state index in [0.717, 1.165) is 36.4 Å². The lowest BCUT2D eigenvalue weighted by atomic mass is 10.1. The molecule has 1 aromatic heterocycles. The summed E-state index contributed by atoms with van der Waals surface area (Å²) in [4.78, 5) is 12.4. The first-order chi connectivity index (χ1) is 12.8. The van der Waals surface area contributed by atoms with Crippen LogP contribution in [0, 0.1) is 0 Å². The van der Waals surface area contributed by atoms with Crippen molar-refractivity contribution >= 4 is 11.9 Å². The number of benzene rings is 2. The van der Waals surface area contributed by atoms with Gasteiger partial charge in [-0.2, -0.15) is 0 Å². The first-order valence-corrected chi connectivity index (χ1v) is 8.55. The number of carbonyl (C=O) groups excluding carboxylic acids is 1. The van der Waals surface area contributed by atoms with Crippen LogP contribution in [0.1, 0.15) is 35.7 Å². The van der Waals surface area contributed by atoms with Gasteiger partial charge in [-0.25, -0.2) is 4.68 Å². The lowest BCUT2D eigenvalue weighted by molar-refractivity contribution is 0.104. The molecule has 1 heterocycles. The second kappa shape index (κ2) is 8.71. The zero-order valence-electron chi connectivity index (χ0n) is 14.6. The molecule has 26 heavy (non-hydrogen) atoms. The second-order valence-corrected chi connectivity index (χ2v) is 5.77. The van der Waals surface area contributed by atoms with Gasteiger partial charge in [0.15, 0.2) is 5.78 Å². The van der Waals surface area contributed by atoms with Crippen LogP contribution in [0.2, 0.25) is 0 Å². The molecule has 0 N–H and O–H groups in total. The average molecular weight is 348 g/mol. The normalized spacial score (nSPS) is 11.0. The summed E-state index contributed by atoms with van der Waals surface area (Å²) in [6, 6.07) is 14.9. The van der Waals surface area contributed by atoms with E-state index in [0.29, 0.717) is 5.56 Å². The van der Waals surface area contributed by atoms with Crippen molar-refractivity contribution in [2.75, 3.05) is 6.61 Å². The number of rotatable bonds is 8. The third kappa shape index (κ3) is 4.63. The Kier molecular flexibility index (Phi) is 5.88. The molecule has 0 spiro atoms. The van der Waals surface area contributed by atoms with Gasteiger partial charge in [0.2, 0.25) is 0 Å². The lowest BCUT2D eigenvalue weighted by Gasteiger charge is -2.05. The fourth-order valence-electron chi connectivity index (χ4n) is 2.36. The van der Waals surface area contributed by atoms with Gasteiger partial charge in [-0.3, -0.25) is 4.79 Å². The van der Waals surface area contributed by atoms with E-state index in [1.807, 2.05) is 30.3 Å². The Morgan fingerprint density at radius 3 is 2.77 bits per heavy atom. The first-order valence-electron chi connectivity index (χ1n) is 8.55. The average Bonchev–Trinajstić information content (AvgIpc) is 3.22. The summed E-state index contributed by atoms with van der Waals surface area (Å²) < 4.78 is 7.15. The van der Waals surface area contributed by atoms with E-state index in [4.69, 9.17) is 4.74 Å². The molecule has 0 aliphatic rings. The molecule has 2 aromatic carbocycles. The number of ketones is 1. The minimum Gasteiger partial charge on any atom is -0.494 e. The summed E-state index contributed by atoms with van der Waals surface area (Å²) in [5.74, 6) is 0.763. The summed E-state index contributed by atoms with van der Waals surface area (Å²) in [5.41, 5.74) is 2.26. The molecule has 0 unspecified atom stereocenters. The number of tetrazole rings is 1. The SMILES string of the molecule is CCCCOc1ccc(/C=C/C(=O)c2cccc(-n3cnnn3)c2)cc1. The third-order valence-electron chi connectivity index (χ3n) is 3.82. The number of hydrogen-bond donors (Lipinski definition) is 0. The van der Waals surface area contributed by atoms with E-state index < -0.39 is 0 Å². The number of ether oxygens (including phenoxy) is 1. The van der Waals surface area contributed by atoms with Gasteiger partial charge in [0.25, 0.3) is 0 Å². The number of hydrogen-bond acceptors (Lipinski definition) is 5. The van der Waals surface area contributed by atoms with E-state index >= 15 is 0 Å². The van der Waals surface area contributed by atoms with Crippen molar-refractivity contribution in [1.82, 2.24) is 20.2 Å². The topological polar surface area (TPSA) is 69.9 Å². The molecular weight excluding hydrogens is 328 g/mol. The van der Waals surface area contributed by atoms with Gasteiger partial charge in [0.1, 0.15) is 12.1 Å². The molecule has 0 radical (unpaired) electrons. The van der Waals surface area contributed by atoms with Gasteiger partial charge in [0, 0.05) is 5.56 Å². The zero-order valence-corrected chi connectivity index (χ0v) is 14.6. The van der Waals surface area contributed by atoms with Crippen LogP contribution in [0.5, 0.6) is 5.75 Å². The van der Waals surface area contributed by atoms with Crippen molar-refractivity contribution in [1.29, 1.82) is 0 Å². The molecule has 132 valence electrons. The zero-order chi connectivity index (χ0) is 18.2. The van der Waals surface area contributed by atoms with Crippen LogP contribution in [0.25, 0.3) is 11.8 Å². The molecule has 0 atom stereocenters. The maximum absolute atomic E-state index is 12.4. The highest BCUT2D eigenvalue weighted by Crippen LogP contribution is 2.15. The second-order valence-electron chi connectivity index (χ2n) is 5.77. The van der Waals surface area contributed by atoms with Crippen LogP contribution in [0.15, 0.2) is 60.9 Å². The smallest absolute Gasteiger partial charge is 0.185 e. The third-order valence-corrected chi connectivity index (χ3v) is 3.82.